The van der Waals surface area contributed by atoms with Crippen molar-refractivity contribution in [3.05, 3.63) is 29.6 Å². The van der Waals surface area contributed by atoms with E-state index in [-0.39, 0.29) is 16.3 Å². The van der Waals surface area contributed by atoms with Crippen LogP contribution in [0.25, 0.3) is 0 Å². The van der Waals surface area contributed by atoms with Crippen molar-refractivity contribution in [1.29, 1.82) is 0 Å². The van der Waals surface area contributed by atoms with Crippen LogP contribution < -0.4 is 0 Å². The SMILES string of the molecule is CC1(C)CC(=O)c2ccc(F)cc2S1. The van der Waals surface area contributed by atoms with Crippen molar-refractivity contribution in [2.75, 3.05) is 0 Å². The van der Waals surface area contributed by atoms with Crippen LogP contribution >= 0.6 is 11.8 Å². The summed E-state index contributed by atoms with van der Waals surface area (Å²) in [4.78, 5) is 12.4. The van der Waals surface area contributed by atoms with Crippen LogP contribution in [0.15, 0.2) is 23.1 Å². The second-order valence-electron chi connectivity index (χ2n) is 4.10. The fraction of sp³-hybridized carbons (Fsp3) is 0.364. The first kappa shape index (κ1) is 9.71. The van der Waals surface area contributed by atoms with E-state index < -0.39 is 0 Å². The van der Waals surface area contributed by atoms with Gasteiger partial charge >= 0.3 is 0 Å². The Labute approximate surface area is 86.7 Å². The van der Waals surface area contributed by atoms with Crippen molar-refractivity contribution in [2.24, 2.45) is 0 Å². The van der Waals surface area contributed by atoms with E-state index in [1.54, 1.807) is 17.8 Å². The van der Waals surface area contributed by atoms with Crippen molar-refractivity contribution in [3.63, 3.8) is 0 Å². The molecule has 0 bridgehead atoms. The predicted molar refractivity (Wildman–Crippen MR) is 55.3 cm³/mol. The number of ketones is 1. The Morgan fingerprint density at radius 1 is 1.43 bits per heavy atom. The van der Waals surface area contributed by atoms with Crippen molar-refractivity contribution >= 4 is 17.5 Å². The molecule has 0 fully saturated rings. The largest absolute Gasteiger partial charge is 0.294 e. The van der Waals surface area contributed by atoms with Gasteiger partial charge in [-0.1, -0.05) is 0 Å². The maximum Gasteiger partial charge on any atom is 0.165 e. The molecule has 0 aromatic heterocycles. The molecule has 1 aliphatic heterocycles. The maximum absolute atomic E-state index is 12.9. The van der Waals surface area contributed by atoms with E-state index >= 15 is 0 Å². The first-order valence-corrected chi connectivity index (χ1v) is 5.31. The van der Waals surface area contributed by atoms with Crippen LogP contribution in [0, 0.1) is 5.82 Å². The van der Waals surface area contributed by atoms with Gasteiger partial charge in [-0.05, 0) is 32.0 Å². The minimum atomic E-state index is -0.276. The molecule has 0 saturated heterocycles. The molecule has 14 heavy (non-hydrogen) atoms. The molecule has 0 radical (unpaired) electrons. The average molecular weight is 210 g/mol. The number of rotatable bonds is 0. The molecule has 1 heterocycles. The molecule has 74 valence electrons. The van der Waals surface area contributed by atoms with Gasteiger partial charge in [-0.2, -0.15) is 0 Å². The Hall–Kier alpha value is -0.830. The molecule has 2 rings (SSSR count). The van der Waals surface area contributed by atoms with Gasteiger partial charge in [0, 0.05) is 21.6 Å². The fourth-order valence-electron chi connectivity index (χ4n) is 1.63. The standard InChI is InChI=1S/C11H11FOS/c1-11(2)6-9(13)8-4-3-7(12)5-10(8)14-11/h3-5H,6H2,1-2H3. The number of thioether (sulfide) groups is 1. The van der Waals surface area contributed by atoms with Crippen LogP contribution in [0.3, 0.4) is 0 Å². The molecule has 0 aliphatic carbocycles. The van der Waals surface area contributed by atoms with E-state index in [2.05, 4.69) is 0 Å². The molecular weight excluding hydrogens is 199 g/mol. The third-order valence-electron chi connectivity index (χ3n) is 2.22. The lowest BCUT2D eigenvalue weighted by Gasteiger charge is -2.29. The highest BCUT2D eigenvalue weighted by Crippen LogP contribution is 2.42. The van der Waals surface area contributed by atoms with E-state index in [1.165, 1.54) is 12.1 Å². The highest BCUT2D eigenvalue weighted by Gasteiger charge is 2.31. The van der Waals surface area contributed by atoms with Crippen LogP contribution in [0.1, 0.15) is 30.6 Å². The number of benzene rings is 1. The van der Waals surface area contributed by atoms with Gasteiger partial charge in [0.1, 0.15) is 5.82 Å². The molecule has 0 saturated carbocycles. The second-order valence-corrected chi connectivity index (χ2v) is 5.85. The Morgan fingerprint density at radius 2 is 2.14 bits per heavy atom. The summed E-state index contributed by atoms with van der Waals surface area (Å²) < 4.78 is 12.8. The monoisotopic (exact) mass is 210 g/mol. The molecule has 1 aliphatic rings. The number of fused-ring (bicyclic) bond motifs is 1. The van der Waals surface area contributed by atoms with Gasteiger partial charge in [-0.15, -0.1) is 11.8 Å². The Morgan fingerprint density at radius 3 is 2.86 bits per heavy atom. The van der Waals surface area contributed by atoms with E-state index in [1.807, 2.05) is 13.8 Å². The zero-order chi connectivity index (χ0) is 10.3. The van der Waals surface area contributed by atoms with Crippen molar-refractivity contribution in [1.82, 2.24) is 0 Å². The summed E-state index contributed by atoms with van der Waals surface area (Å²) in [5.74, 6) is -0.162. The summed E-state index contributed by atoms with van der Waals surface area (Å²) in [5.41, 5.74) is 0.663. The zero-order valence-electron chi connectivity index (χ0n) is 8.13. The highest BCUT2D eigenvalue weighted by atomic mass is 32.2. The lowest BCUT2D eigenvalue weighted by atomic mass is 9.99. The Bertz CT molecular complexity index is 398. The molecule has 0 amide bonds. The smallest absolute Gasteiger partial charge is 0.165 e. The number of halogens is 1. The highest BCUT2D eigenvalue weighted by molar-refractivity contribution is 8.00. The van der Waals surface area contributed by atoms with Crippen LogP contribution in [0.2, 0.25) is 0 Å². The first-order chi connectivity index (χ1) is 6.48. The number of hydrogen-bond acceptors (Lipinski definition) is 2. The summed E-state index contributed by atoms with van der Waals surface area (Å²) in [6.07, 6.45) is 0.524. The molecular formula is C11H11FOS. The number of carbonyl (C=O) groups excluding carboxylic acids is 1. The van der Waals surface area contributed by atoms with Gasteiger partial charge in [0.05, 0.1) is 0 Å². The molecule has 1 aromatic carbocycles. The lowest BCUT2D eigenvalue weighted by molar-refractivity contribution is 0.0967. The number of hydrogen-bond donors (Lipinski definition) is 0. The summed E-state index contributed by atoms with van der Waals surface area (Å²) in [6.45, 7) is 4.01. The zero-order valence-corrected chi connectivity index (χ0v) is 8.95. The van der Waals surface area contributed by atoms with E-state index in [4.69, 9.17) is 0 Å². The van der Waals surface area contributed by atoms with Gasteiger partial charge in [0.25, 0.3) is 0 Å². The number of carbonyl (C=O) groups is 1. The van der Waals surface area contributed by atoms with Crippen molar-refractivity contribution in [3.8, 4) is 0 Å². The maximum atomic E-state index is 12.9. The third kappa shape index (κ3) is 1.69. The Kier molecular flexibility index (Phi) is 2.14. The van der Waals surface area contributed by atoms with Crippen LogP contribution in [0.5, 0.6) is 0 Å². The normalized spacial score (nSPS) is 19.2. The van der Waals surface area contributed by atoms with E-state index in [9.17, 15) is 9.18 Å². The minimum absolute atomic E-state index is 0.113. The van der Waals surface area contributed by atoms with Gasteiger partial charge in [0.2, 0.25) is 0 Å². The summed E-state index contributed by atoms with van der Waals surface area (Å²) in [7, 11) is 0. The molecule has 0 N–H and O–H groups in total. The summed E-state index contributed by atoms with van der Waals surface area (Å²) in [5, 5.41) is 0. The topological polar surface area (TPSA) is 17.1 Å². The van der Waals surface area contributed by atoms with Crippen LogP contribution in [-0.4, -0.2) is 10.5 Å². The van der Waals surface area contributed by atoms with E-state index in [0.717, 1.165) is 4.90 Å². The lowest BCUT2D eigenvalue weighted by Crippen LogP contribution is -2.25. The van der Waals surface area contributed by atoms with Gasteiger partial charge in [-0.3, -0.25) is 4.79 Å². The third-order valence-corrected chi connectivity index (χ3v) is 3.47. The molecule has 0 unspecified atom stereocenters. The van der Waals surface area contributed by atoms with Gasteiger partial charge in [-0.25, -0.2) is 4.39 Å². The van der Waals surface area contributed by atoms with E-state index in [0.29, 0.717) is 12.0 Å². The summed E-state index contributed by atoms with van der Waals surface area (Å²) in [6, 6.07) is 4.36. The predicted octanol–water partition coefficient (Wildman–Crippen LogP) is 3.28. The quantitative estimate of drug-likeness (QED) is 0.653. The van der Waals surface area contributed by atoms with Crippen LogP contribution in [0.4, 0.5) is 4.39 Å². The molecule has 1 aromatic rings. The second kappa shape index (κ2) is 3.09. The van der Waals surface area contributed by atoms with Crippen molar-refractivity contribution in [2.45, 2.75) is 29.9 Å². The summed E-state index contributed by atoms with van der Waals surface area (Å²) >= 11 is 1.57. The molecule has 0 spiro atoms. The fourth-order valence-corrected chi connectivity index (χ4v) is 2.89. The Balaban J connectivity index is 2.51. The molecule has 0 atom stereocenters. The first-order valence-electron chi connectivity index (χ1n) is 4.50. The van der Waals surface area contributed by atoms with Crippen molar-refractivity contribution < 1.29 is 9.18 Å². The minimum Gasteiger partial charge on any atom is -0.294 e. The molecule has 1 nitrogen and oxygen atoms in total. The van der Waals surface area contributed by atoms with Gasteiger partial charge in [0.15, 0.2) is 5.78 Å². The average Bonchev–Trinajstić information content (AvgIpc) is 2.00. The van der Waals surface area contributed by atoms with Crippen LogP contribution in [-0.2, 0) is 0 Å². The molecule has 3 heteroatoms. The van der Waals surface area contributed by atoms with Gasteiger partial charge < -0.3 is 0 Å². The number of Topliss-reactive ketones (excluding diaryl/α,β-unsaturated/α-hetero) is 1.